The second kappa shape index (κ2) is 3.07. The van der Waals surface area contributed by atoms with Crippen molar-refractivity contribution in [3.63, 3.8) is 0 Å². The van der Waals surface area contributed by atoms with Crippen LogP contribution in [0.3, 0.4) is 0 Å². The molecule has 0 saturated carbocycles. The first-order valence-electron chi connectivity index (χ1n) is 0.977. The van der Waals surface area contributed by atoms with E-state index in [-0.39, 0.29) is 0 Å². The Kier molecular flexibility index (Phi) is 3.61. The minimum atomic E-state index is -1.45. The van der Waals surface area contributed by atoms with Gasteiger partial charge in [-0.05, 0) is 0 Å². The molecule has 5 heavy (non-hydrogen) atoms. The molecule has 0 nitrogen and oxygen atoms in total. The van der Waals surface area contributed by atoms with Gasteiger partial charge in [0.25, 0.3) is 0 Å². The molecular weight excluding hydrogens is 184 g/mol. The summed E-state index contributed by atoms with van der Waals surface area (Å²) in [6.45, 7) is 3.43. The van der Waals surface area contributed by atoms with Gasteiger partial charge in [0.2, 0.25) is 0 Å². The van der Waals surface area contributed by atoms with Crippen molar-refractivity contribution in [1.82, 2.24) is 0 Å². The van der Waals surface area contributed by atoms with Crippen molar-refractivity contribution in [2.24, 2.45) is 0 Å². The molecule has 29 valence electrons. The standard InChI is InChI=1S/C2H3.Mo.2S/c1-2;;;/h1H,2H2;;;. The first-order valence-corrected chi connectivity index (χ1v) is 7.72. The molecule has 0 bridgehead atoms. The second-order valence-corrected chi connectivity index (χ2v) is 8.02. The van der Waals surface area contributed by atoms with Crippen molar-refractivity contribution in [1.29, 1.82) is 0 Å². The molecule has 0 saturated heterocycles. The zero-order chi connectivity index (χ0) is 4.28. The van der Waals surface area contributed by atoms with Gasteiger partial charge in [0.05, 0.1) is 0 Å². The zero-order valence-electron chi connectivity index (χ0n) is 2.51. The summed E-state index contributed by atoms with van der Waals surface area (Å²) in [5.41, 5.74) is 0. The van der Waals surface area contributed by atoms with E-state index in [1.165, 1.54) is 0 Å². The number of rotatable bonds is 1. The van der Waals surface area contributed by atoms with Crippen LogP contribution >= 0.6 is 19.6 Å². The molecule has 0 unspecified atom stereocenters. The van der Waals surface area contributed by atoms with Gasteiger partial charge in [-0.1, -0.05) is 0 Å². The summed E-state index contributed by atoms with van der Waals surface area (Å²) in [5.74, 6) is 0. The summed E-state index contributed by atoms with van der Waals surface area (Å²) in [7, 11) is 9.29. The molecule has 0 spiro atoms. The average molecular weight is 187 g/mol. The summed E-state index contributed by atoms with van der Waals surface area (Å²) in [6, 6.07) is 0. The van der Waals surface area contributed by atoms with Crippen LogP contribution in [0.15, 0.2) is 11.0 Å². The maximum absolute atomic E-state index is 4.65. The average Bonchev–Trinajstić information content (AvgIpc) is 1.38. The van der Waals surface area contributed by atoms with E-state index in [1.807, 2.05) is 0 Å². The van der Waals surface area contributed by atoms with Gasteiger partial charge < -0.3 is 0 Å². The van der Waals surface area contributed by atoms with Crippen molar-refractivity contribution >= 4 is 19.6 Å². The zero-order valence-corrected chi connectivity index (χ0v) is 6.15. The van der Waals surface area contributed by atoms with Crippen LogP contribution in [-0.2, 0) is 13.7 Å². The molecule has 0 amide bonds. The van der Waals surface area contributed by atoms with Crippen LogP contribution in [0.5, 0.6) is 0 Å². The summed E-state index contributed by atoms with van der Waals surface area (Å²) in [6.07, 6.45) is 0. The SMILES string of the molecule is C=[CH][Mo](=[S])=[S]. The molecule has 0 N–H and O–H groups in total. The fourth-order valence-corrected chi connectivity index (χ4v) is 0. The third kappa shape index (κ3) is 4.87. The van der Waals surface area contributed by atoms with E-state index in [0.717, 1.165) is 0 Å². The van der Waals surface area contributed by atoms with Crippen LogP contribution in [0, 0.1) is 0 Å². The summed E-state index contributed by atoms with van der Waals surface area (Å²) in [4.78, 5) is 0. The summed E-state index contributed by atoms with van der Waals surface area (Å²) >= 11 is -1.45. The topological polar surface area (TPSA) is 0 Å². The minimum absolute atomic E-state index is 1.45. The molecule has 0 aliphatic rings. The van der Waals surface area contributed by atoms with E-state index in [9.17, 15) is 0 Å². The van der Waals surface area contributed by atoms with E-state index >= 15 is 0 Å². The Morgan fingerprint density at radius 1 is 1.60 bits per heavy atom. The monoisotopic (exact) mass is 189 g/mol. The van der Waals surface area contributed by atoms with Crippen LogP contribution < -0.4 is 0 Å². The van der Waals surface area contributed by atoms with E-state index < -0.39 is 13.7 Å². The van der Waals surface area contributed by atoms with Gasteiger partial charge in [0.1, 0.15) is 0 Å². The Balaban J connectivity index is 3.69. The number of hydrogen-bond acceptors (Lipinski definition) is 2. The van der Waals surface area contributed by atoms with Gasteiger partial charge in [-0.15, -0.1) is 0 Å². The van der Waals surface area contributed by atoms with Crippen molar-refractivity contribution < 1.29 is 13.7 Å². The van der Waals surface area contributed by atoms with Gasteiger partial charge in [0, 0.05) is 0 Å². The molecular formula is C2H3MoS2. The van der Waals surface area contributed by atoms with E-state index in [1.54, 1.807) is 4.47 Å². The molecule has 0 aromatic heterocycles. The maximum atomic E-state index is 4.65. The van der Waals surface area contributed by atoms with Crippen molar-refractivity contribution in [3.8, 4) is 0 Å². The first kappa shape index (κ1) is 5.87. The Bertz CT molecular complexity index is 83.8. The first-order chi connectivity index (χ1) is 2.27. The number of hydrogen-bond donors (Lipinski definition) is 0. The fraction of sp³-hybridized carbons (Fsp3) is 0. The molecule has 0 radical (unpaired) electrons. The summed E-state index contributed by atoms with van der Waals surface area (Å²) < 4.78 is 1.72. The molecule has 0 fully saturated rings. The third-order valence-corrected chi connectivity index (χ3v) is 2.42. The molecule has 0 aromatic rings. The van der Waals surface area contributed by atoms with E-state index in [0.29, 0.717) is 0 Å². The van der Waals surface area contributed by atoms with Gasteiger partial charge in [0.15, 0.2) is 0 Å². The molecule has 0 atom stereocenters. The van der Waals surface area contributed by atoms with Crippen LogP contribution in [-0.4, -0.2) is 0 Å². The Morgan fingerprint density at radius 2 is 1.80 bits per heavy atom. The molecule has 0 aromatic carbocycles. The van der Waals surface area contributed by atoms with Crippen LogP contribution in [0.25, 0.3) is 0 Å². The van der Waals surface area contributed by atoms with E-state index in [2.05, 4.69) is 26.2 Å². The quantitative estimate of drug-likeness (QED) is 0.575. The van der Waals surface area contributed by atoms with Crippen molar-refractivity contribution in [3.05, 3.63) is 11.0 Å². The van der Waals surface area contributed by atoms with E-state index in [4.69, 9.17) is 0 Å². The molecule has 0 heterocycles. The van der Waals surface area contributed by atoms with Crippen LogP contribution in [0.4, 0.5) is 0 Å². The Hall–Kier alpha value is 0.868. The predicted octanol–water partition coefficient (Wildman–Crippen LogP) is 1.97. The summed E-state index contributed by atoms with van der Waals surface area (Å²) in [5, 5.41) is 0. The normalized spacial score (nSPS) is 6.40. The van der Waals surface area contributed by atoms with Gasteiger partial charge in [-0.3, -0.25) is 0 Å². The van der Waals surface area contributed by atoms with Gasteiger partial charge in [-0.25, -0.2) is 0 Å². The fourth-order valence-electron chi connectivity index (χ4n) is 0. The van der Waals surface area contributed by atoms with Crippen molar-refractivity contribution in [2.45, 2.75) is 0 Å². The second-order valence-electron chi connectivity index (χ2n) is 0.427. The van der Waals surface area contributed by atoms with Crippen LogP contribution in [0.1, 0.15) is 0 Å². The molecule has 0 aliphatic carbocycles. The molecule has 0 rings (SSSR count). The van der Waals surface area contributed by atoms with Crippen LogP contribution in [0.2, 0.25) is 0 Å². The van der Waals surface area contributed by atoms with Gasteiger partial charge in [-0.2, -0.15) is 0 Å². The Morgan fingerprint density at radius 3 is 1.80 bits per heavy atom. The molecule has 3 heteroatoms. The Labute approximate surface area is 44.3 Å². The van der Waals surface area contributed by atoms with Crippen molar-refractivity contribution in [2.75, 3.05) is 0 Å². The van der Waals surface area contributed by atoms with Gasteiger partial charge >= 0.3 is 44.4 Å². The predicted molar refractivity (Wildman–Crippen MR) is 25.4 cm³/mol. The third-order valence-electron chi connectivity index (χ3n) is 0.136. The molecule has 0 aliphatic heterocycles.